The summed E-state index contributed by atoms with van der Waals surface area (Å²) in [6.07, 6.45) is 3.23. The van der Waals surface area contributed by atoms with Gasteiger partial charge in [0, 0.05) is 67.2 Å². The fourth-order valence-corrected chi connectivity index (χ4v) is 6.64. The first-order valence-corrected chi connectivity index (χ1v) is 14.5. The zero-order chi connectivity index (χ0) is 26.6. The number of H-pyrrole nitrogens is 1. The predicted octanol–water partition coefficient (Wildman–Crippen LogP) is 4.50. The molecule has 0 aliphatic carbocycles. The van der Waals surface area contributed by atoms with E-state index in [1.54, 1.807) is 36.1 Å². The summed E-state index contributed by atoms with van der Waals surface area (Å²) >= 11 is 9.70. The lowest BCUT2D eigenvalue weighted by Crippen LogP contribution is -2.39. The molecule has 1 fully saturated rings. The number of carbonyl (C=O) groups excluding carboxylic acids is 3. The number of amides is 3. The summed E-state index contributed by atoms with van der Waals surface area (Å²) in [5, 5.41) is 9.78. The van der Waals surface area contributed by atoms with Gasteiger partial charge in [-0.15, -0.1) is 11.3 Å². The highest BCUT2D eigenvalue weighted by atomic mass is 35.5. The first kappa shape index (κ1) is 26.4. The third kappa shape index (κ3) is 5.91. The molecule has 1 aliphatic heterocycles. The highest BCUT2D eigenvalue weighted by Gasteiger charge is 2.20. The lowest BCUT2D eigenvalue weighted by molar-refractivity contribution is 0.0943. The van der Waals surface area contributed by atoms with E-state index in [1.165, 1.54) is 11.3 Å². The van der Waals surface area contributed by atoms with E-state index in [0.717, 1.165) is 41.2 Å². The van der Waals surface area contributed by atoms with Crippen LogP contribution in [0.25, 0.3) is 10.1 Å². The number of fused-ring (bicyclic) bond motifs is 1. The van der Waals surface area contributed by atoms with Gasteiger partial charge in [-0.25, -0.2) is 0 Å². The Balaban J connectivity index is 1.17. The molecule has 0 bridgehead atoms. The van der Waals surface area contributed by atoms with Crippen LogP contribution in [0.5, 0.6) is 0 Å². The summed E-state index contributed by atoms with van der Waals surface area (Å²) < 4.78 is 2.55. The number of rotatable bonds is 8. The molecule has 1 aliphatic rings. The smallest absolute Gasteiger partial charge is 0.272 e. The maximum absolute atomic E-state index is 12.9. The third-order valence-corrected chi connectivity index (χ3v) is 8.86. The van der Waals surface area contributed by atoms with Crippen LogP contribution in [0.2, 0.25) is 5.02 Å². The quantitative estimate of drug-likeness (QED) is 0.249. The number of nitrogens with zero attached hydrogens (tertiary/aromatic N) is 2. The number of thiophene rings is 1. The van der Waals surface area contributed by atoms with Crippen molar-refractivity contribution < 1.29 is 14.4 Å². The second-order valence-corrected chi connectivity index (χ2v) is 11.5. The van der Waals surface area contributed by atoms with Crippen molar-refractivity contribution in [1.82, 2.24) is 19.8 Å². The Hall–Kier alpha value is -3.25. The molecule has 0 unspecified atom stereocenters. The zero-order valence-corrected chi connectivity index (χ0v) is 23.1. The van der Waals surface area contributed by atoms with Gasteiger partial charge in [-0.2, -0.15) is 11.8 Å². The minimum Gasteiger partial charge on any atom is -0.355 e. The van der Waals surface area contributed by atoms with Gasteiger partial charge in [-0.1, -0.05) is 29.8 Å². The van der Waals surface area contributed by atoms with E-state index in [-0.39, 0.29) is 17.7 Å². The Kier molecular flexibility index (Phi) is 8.08. The van der Waals surface area contributed by atoms with Crippen LogP contribution in [0.15, 0.2) is 48.8 Å². The number of hydrogen-bond acceptors (Lipinski definition) is 6. The van der Waals surface area contributed by atoms with Crippen LogP contribution in [-0.2, 0) is 7.05 Å². The van der Waals surface area contributed by atoms with E-state index in [4.69, 9.17) is 11.6 Å². The molecule has 38 heavy (non-hydrogen) atoms. The monoisotopic (exact) mass is 570 g/mol. The van der Waals surface area contributed by atoms with Crippen LogP contribution in [0.3, 0.4) is 0 Å². The maximum Gasteiger partial charge on any atom is 0.272 e. The number of halogens is 1. The second-order valence-electron chi connectivity index (χ2n) is 8.89. The van der Waals surface area contributed by atoms with Gasteiger partial charge in [-0.3, -0.25) is 19.3 Å². The van der Waals surface area contributed by atoms with Crippen LogP contribution in [0.4, 0.5) is 11.4 Å². The number of hydrogen-bond donors (Lipinski definition) is 4. The molecular formula is C26H27ClN6O3S2. The van der Waals surface area contributed by atoms with E-state index in [0.29, 0.717) is 39.2 Å². The molecule has 1 saturated heterocycles. The molecule has 4 aromatic rings. The van der Waals surface area contributed by atoms with Gasteiger partial charge < -0.3 is 25.5 Å². The van der Waals surface area contributed by atoms with Crippen molar-refractivity contribution >= 4 is 73.9 Å². The average Bonchev–Trinajstić information content (AvgIpc) is 3.62. The molecule has 3 aromatic heterocycles. The largest absolute Gasteiger partial charge is 0.355 e. The summed E-state index contributed by atoms with van der Waals surface area (Å²) in [5.74, 6) is 1.32. The van der Waals surface area contributed by atoms with Crippen LogP contribution in [0, 0.1) is 0 Å². The molecule has 9 nitrogen and oxygen atoms in total. The molecule has 12 heteroatoms. The molecule has 1 aromatic carbocycles. The zero-order valence-electron chi connectivity index (χ0n) is 20.7. The molecule has 4 N–H and O–H groups in total. The number of benzene rings is 1. The SMILES string of the molecule is Cn1cc(NC(=O)c2sc3ccccc3c2Cl)cc1C(=O)Nc1c[nH]c(C(=O)NCCN2CCSCC2)c1. The number of aromatic nitrogens is 2. The van der Waals surface area contributed by atoms with Gasteiger partial charge in [0.1, 0.15) is 16.3 Å². The van der Waals surface area contributed by atoms with Gasteiger partial charge in [-0.05, 0) is 18.2 Å². The van der Waals surface area contributed by atoms with E-state index in [2.05, 4.69) is 25.8 Å². The van der Waals surface area contributed by atoms with Gasteiger partial charge in [0.2, 0.25) is 0 Å². The van der Waals surface area contributed by atoms with Crippen molar-refractivity contribution in [2.75, 3.05) is 48.3 Å². The summed E-state index contributed by atoms with van der Waals surface area (Å²) in [6, 6.07) is 10.8. The Morgan fingerprint density at radius 1 is 1.03 bits per heavy atom. The number of aryl methyl sites for hydroxylation is 1. The topological polar surface area (TPSA) is 111 Å². The minimum atomic E-state index is -0.373. The van der Waals surface area contributed by atoms with E-state index >= 15 is 0 Å². The fraction of sp³-hybridized carbons (Fsp3) is 0.269. The fourth-order valence-electron chi connectivity index (χ4n) is 4.25. The number of thioether (sulfide) groups is 1. The van der Waals surface area contributed by atoms with Crippen LogP contribution >= 0.6 is 34.7 Å². The van der Waals surface area contributed by atoms with Gasteiger partial charge in [0.05, 0.1) is 16.4 Å². The highest BCUT2D eigenvalue weighted by molar-refractivity contribution is 7.99. The molecule has 0 saturated carbocycles. The molecule has 0 atom stereocenters. The molecule has 4 heterocycles. The molecular weight excluding hydrogens is 544 g/mol. The van der Waals surface area contributed by atoms with Crippen molar-refractivity contribution in [2.45, 2.75) is 0 Å². The van der Waals surface area contributed by atoms with Crippen molar-refractivity contribution in [1.29, 1.82) is 0 Å². The summed E-state index contributed by atoms with van der Waals surface area (Å²) in [4.78, 5) is 43.9. The van der Waals surface area contributed by atoms with Crippen LogP contribution < -0.4 is 16.0 Å². The molecule has 198 valence electrons. The molecule has 0 spiro atoms. The van der Waals surface area contributed by atoms with E-state index in [1.807, 2.05) is 36.0 Å². The maximum atomic E-state index is 12.9. The Morgan fingerprint density at radius 3 is 2.58 bits per heavy atom. The van der Waals surface area contributed by atoms with Crippen LogP contribution in [0.1, 0.15) is 30.6 Å². The normalized spacial score (nSPS) is 13.9. The van der Waals surface area contributed by atoms with Gasteiger partial charge in [0.25, 0.3) is 17.7 Å². The summed E-state index contributed by atoms with van der Waals surface area (Å²) in [5.41, 5.74) is 1.65. The molecule has 3 amide bonds. The predicted molar refractivity (Wildman–Crippen MR) is 155 cm³/mol. The van der Waals surface area contributed by atoms with Gasteiger partial charge in [0.15, 0.2) is 0 Å². The molecule has 5 rings (SSSR count). The highest BCUT2D eigenvalue weighted by Crippen LogP contribution is 2.35. The van der Waals surface area contributed by atoms with Crippen molar-refractivity contribution in [2.24, 2.45) is 7.05 Å². The summed E-state index contributed by atoms with van der Waals surface area (Å²) in [7, 11) is 1.72. The number of anilines is 2. The molecule has 0 radical (unpaired) electrons. The van der Waals surface area contributed by atoms with Crippen molar-refractivity contribution in [3.63, 3.8) is 0 Å². The van der Waals surface area contributed by atoms with Crippen molar-refractivity contribution in [3.05, 3.63) is 70.1 Å². The number of carbonyl (C=O) groups is 3. The lowest BCUT2D eigenvalue weighted by atomic mass is 10.2. The van der Waals surface area contributed by atoms with Crippen molar-refractivity contribution in [3.8, 4) is 0 Å². The number of nitrogens with one attached hydrogen (secondary N) is 4. The number of aromatic amines is 1. The Morgan fingerprint density at radius 2 is 1.79 bits per heavy atom. The standard InChI is InChI=1S/C26H27ClN6O3S2/c1-32-15-17(31-26(36)23-22(27)18-4-2-3-5-21(18)38-23)13-20(32)25(35)30-16-12-19(29-14-16)24(34)28-6-7-33-8-10-37-11-9-33/h2-5,12-15,29H,6-11H2,1H3,(H,28,34)(H,30,35)(H,31,36). The Bertz CT molecular complexity index is 1490. The minimum absolute atomic E-state index is 0.222. The Labute approximate surface area is 232 Å². The summed E-state index contributed by atoms with van der Waals surface area (Å²) in [6.45, 7) is 3.47. The third-order valence-electron chi connectivity index (χ3n) is 6.24. The van der Waals surface area contributed by atoms with Gasteiger partial charge >= 0.3 is 0 Å². The second kappa shape index (κ2) is 11.6. The van der Waals surface area contributed by atoms with E-state index < -0.39 is 0 Å². The van der Waals surface area contributed by atoms with Crippen LogP contribution in [-0.4, -0.2) is 69.9 Å². The lowest BCUT2D eigenvalue weighted by Gasteiger charge is -2.25. The van der Waals surface area contributed by atoms with E-state index in [9.17, 15) is 14.4 Å². The first-order chi connectivity index (χ1) is 18.4. The first-order valence-electron chi connectivity index (χ1n) is 12.1. The average molecular weight is 571 g/mol.